The first kappa shape index (κ1) is 17.2. The van der Waals surface area contributed by atoms with E-state index in [0.717, 1.165) is 19.3 Å². The van der Waals surface area contributed by atoms with Gasteiger partial charge in [0.15, 0.2) is 0 Å². The summed E-state index contributed by atoms with van der Waals surface area (Å²) in [6.07, 6.45) is 2.68. The van der Waals surface area contributed by atoms with Crippen molar-refractivity contribution in [3.63, 3.8) is 0 Å². The lowest BCUT2D eigenvalue weighted by molar-refractivity contribution is -0.385. The molecule has 1 heterocycles. The monoisotopic (exact) mass is 348 g/mol. The van der Waals surface area contributed by atoms with Crippen LogP contribution in [0.2, 0.25) is 0 Å². The van der Waals surface area contributed by atoms with Crippen molar-refractivity contribution in [2.75, 3.05) is 13.7 Å². The number of likely N-dealkylation sites (tertiary alicyclic amines) is 1. The van der Waals surface area contributed by atoms with Crippen LogP contribution in [0.15, 0.2) is 12.1 Å². The molecule has 0 spiro atoms. The summed E-state index contributed by atoms with van der Waals surface area (Å²) in [7, 11) is 1.38. The largest absolute Gasteiger partial charge is 0.496 e. The molecule has 1 N–H and O–H groups in total. The number of carbonyl (C=O) groups excluding carboxylic acids is 1. The Bertz CT molecular complexity index is 747. The molecule has 8 nitrogen and oxygen atoms in total. The van der Waals surface area contributed by atoms with E-state index < -0.39 is 22.8 Å². The molecular formula is C17H20N2O6. The number of carboxylic acids is 1. The Kier molecular flexibility index (Phi) is 4.36. The van der Waals surface area contributed by atoms with E-state index in [1.165, 1.54) is 24.1 Å². The molecule has 0 bridgehead atoms. The maximum atomic E-state index is 12.9. The van der Waals surface area contributed by atoms with Crippen molar-refractivity contribution in [2.45, 2.75) is 32.2 Å². The minimum absolute atomic E-state index is 0.0382. The van der Waals surface area contributed by atoms with Crippen LogP contribution in [0.4, 0.5) is 5.69 Å². The van der Waals surface area contributed by atoms with Gasteiger partial charge in [-0.05, 0) is 37.7 Å². The fourth-order valence-corrected chi connectivity index (χ4v) is 4.19. The summed E-state index contributed by atoms with van der Waals surface area (Å²) in [5.74, 6) is -1.13. The number of benzene rings is 1. The van der Waals surface area contributed by atoms with Crippen LogP contribution in [0.1, 0.15) is 35.2 Å². The van der Waals surface area contributed by atoms with Crippen molar-refractivity contribution < 1.29 is 24.4 Å². The molecule has 134 valence electrons. The summed E-state index contributed by atoms with van der Waals surface area (Å²) in [6.45, 7) is 1.93. The van der Waals surface area contributed by atoms with Crippen molar-refractivity contribution in [3.05, 3.63) is 33.4 Å². The molecule has 1 saturated heterocycles. The fraction of sp³-hybridized carbons (Fsp3) is 0.529. The van der Waals surface area contributed by atoms with E-state index in [2.05, 4.69) is 0 Å². The highest BCUT2D eigenvalue weighted by Crippen LogP contribution is 2.43. The van der Waals surface area contributed by atoms with Gasteiger partial charge in [-0.15, -0.1) is 0 Å². The van der Waals surface area contributed by atoms with Gasteiger partial charge in [0.25, 0.3) is 11.6 Å². The van der Waals surface area contributed by atoms with Gasteiger partial charge < -0.3 is 14.7 Å². The number of nitro benzene ring substituents is 1. The molecule has 25 heavy (non-hydrogen) atoms. The van der Waals surface area contributed by atoms with Gasteiger partial charge in [0.1, 0.15) is 11.8 Å². The number of ether oxygens (including phenoxy) is 1. The molecule has 3 rings (SSSR count). The molecule has 0 aromatic heterocycles. The van der Waals surface area contributed by atoms with Crippen LogP contribution in [0.5, 0.6) is 5.75 Å². The zero-order valence-electron chi connectivity index (χ0n) is 14.1. The second kappa shape index (κ2) is 6.34. The molecule has 1 aliphatic heterocycles. The van der Waals surface area contributed by atoms with E-state index in [4.69, 9.17) is 4.74 Å². The summed E-state index contributed by atoms with van der Waals surface area (Å²) < 4.78 is 5.15. The zero-order chi connectivity index (χ0) is 18.3. The van der Waals surface area contributed by atoms with Gasteiger partial charge in [0.05, 0.1) is 23.2 Å². The van der Waals surface area contributed by atoms with E-state index in [1.807, 2.05) is 0 Å². The first-order chi connectivity index (χ1) is 11.8. The second-order valence-corrected chi connectivity index (χ2v) is 6.68. The molecular weight excluding hydrogens is 328 g/mol. The molecule has 0 radical (unpaired) electrons. The number of methoxy groups -OCH3 is 1. The number of nitrogens with zero attached hydrogens (tertiary/aromatic N) is 2. The number of carbonyl (C=O) groups is 2. The minimum atomic E-state index is -1.02. The summed E-state index contributed by atoms with van der Waals surface area (Å²) in [6, 6.07) is 1.77. The van der Waals surface area contributed by atoms with E-state index >= 15 is 0 Å². The summed E-state index contributed by atoms with van der Waals surface area (Å²) in [5, 5.41) is 20.8. The third kappa shape index (κ3) is 2.81. The Balaban J connectivity index is 1.99. The smallest absolute Gasteiger partial charge is 0.326 e. The maximum absolute atomic E-state index is 12.9. The highest BCUT2D eigenvalue weighted by Gasteiger charge is 2.49. The molecule has 1 aromatic carbocycles. The van der Waals surface area contributed by atoms with Crippen LogP contribution in [-0.2, 0) is 4.79 Å². The first-order valence-corrected chi connectivity index (χ1v) is 8.22. The van der Waals surface area contributed by atoms with E-state index in [9.17, 15) is 24.8 Å². The number of amides is 1. The van der Waals surface area contributed by atoms with Crippen LogP contribution in [0.3, 0.4) is 0 Å². The summed E-state index contributed by atoms with van der Waals surface area (Å²) in [5.41, 5.74) is 0.200. The topological polar surface area (TPSA) is 110 Å². The summed E-state index contributed by atoms with van der Waals surface area (Å²) in [4.78, 5) is 36.7. The van der Waals surface area contributed by atoms with Crippen molar-refractivity contribution >= 4 is 17.6 Å². The minimum Gasteiger partial charge on any atom is -0.496 e. The molecule has 1 amide bonds. The number of nitro groups is 1. The predicted octanol–water partition coefficient (Wildman–Crippen LogP) is 2.24. The number of fused-ring (bicyclic) bond motifs is 1. The van der Waals surface area contributed by atoms with Gasteiger partial charge in [-0.1, -0.05) is 6.42 Å². The number of carboxylic acid groups (broad SMARTS) is 1. The molecule has 2 aliphatic rings. The highest BCUT2D eigenvalue weighted by atomic mass is 16.6. The average Bonchev–Trinajstić information content (AvgIpc) is 3.14. The number of hydrogen-bond acceptors (Lipinski definition) is 5. The molecule has 1 aliphatic carbocycles. The number of rotatable bonds is 4. The van der Waals surface area contributed by atoms with Crippen LogP contribution in [0, 0.1) is 28.9 Å². The lowest BCUT2D eigenvalue weighted by atomic mass is 9.94. The van der Waals surface area contributed by atoms with E-state index in [-0.39, 0.29) is 28.8 Å². The zero-order valence-corrected chi connectivity index (χ0v) is 14.1. The number of aliphatic carboxylic acids is 1. The van der Waals surface area contributed by atoms with Gasteiger partial charge in [-0.3, -0.25) is 14.9 Å². The Labute approximate surface area is 144 Å². The third-order valence-corrected chi connectivity index (χ3v) is 5.40. The predicted molar refractivity (Wildman–Crippen MR) is 87.7 cm³/mol. The quantitative estimate of drug-likeness (QED) is 0.660. The van der Waals surface area contributed by atoms with Gasteiger partial charge in [0, 0.05) is 12.6 Å². The maximum Gasteiger partial charge on any atom is 0.326 e. The lowest BCUT2D eigenvalue weighted by Crippen LogP contribution is -2.43. The SMILES string of the molecule is COc1cc(C(=O)N2CC3CCCC3C2C(=O)O)cc([N+](=O)[O-])c1C. The van der Waals surface area contributed by atoms with E-state index in [0.29, 0.717) is 12.1 Å². The molecule has 1 aromatic rings. The van der Waals surface area contributed by atoms with Crippen LogP contribution in [-0.4, -0.2) is 46.5 Å². The van der Waals surface area contributed by atoms with Crippen molar-refractivity contribution in [1.29, 1.82) is 0 Å². The van der Waals surface area contributed by atoms with Crippen LogP contribution in [0.25, 0.3) is 0 Å². The fourth-order valence-electron chi connectivity index (χ4n) is 4.19. The van der Waals surface area contributed by atoms with Crippen LogP contribution < -0.4 is 4.74 Å². The summed E-state index contributed by atoms with van der Waals surface area (Å²) >= 11 is 0. The molecule has 2 fully saturated rings. The van der Waals surface area contributed by atoms with Gasteiger partial charge in [0.2, 0.25) is 0 Å². The first-order valence-electron chi connectivity index (χ1n) is 8.22. The molecule has 8 heteroatoms. The normalized spacial score (nSPS) is 24.9. The van der Waals surface area contributed by atoms with Gasteiger partial charge >= 0.3 is 5.97 Å². The Morgan fingerprint density at radius 2 is 2.08 bits per heavy atom. The lowest BCUT2D eigenvalue weighted by Gasteiger charge is -2.24. The average molecular weight is 348 g/mol. The molecule has 3 atom stereocenters. The Hall–Kier alpha value is -2.64. The van der Waals surface area contributed by atoms with Crippen LogP contribution >= 0.6 is 0 Å². The van der Waals surface area contributed by atoms with Gasteiger partial charge in [-0.25, -0.2) is 4.79 Å². The van der Waals surface area contributed by atoms with Gasteiger partial charge in [-0.2, -0.15) is 0 Å². The third-order valence-electron chi connectivity index (χ3n) is 5.40. The Morgan fingerprint density at radius 3 is 2.68 bits per heavy atom. The standard InChI is InChI=1S/C17H20N2O6/c1-9-13(19(23)24)6-11(7-14(9)25-2)16(20)18-8-10-4-3-5-12(10)15(18)17(21)22/h6-7,10,12,15H,3-5,8H2,1-2H3,(H,21,22). The highest BCUT2D eigenvalue weighted by molar-refractivity contribution is 5.98. The van der Waals surface area contributed by atoms with Crippen molar-refractivity contribution in [1.82, 2.24) is 4.90 Å². The molecule has 3 unspecified atom stereocenters. The van der Waals surface area contributed by atoms with E-state index in [1.54, 1.807) is 6.92 Å². The second-order valence-electron chi connectivity index (χ2n) is 6.68. The Morgan fingerprint density at radius 1 is 1.36 bits per heavy atom. The molecule has 1 saturated carbocycles. The van der Waals surface area contributed by atoms with Crippen molar-refractivity contribution in [2.24, 2.45) is 11.8 Å². The van der Waals surface area contributed by atoms with Crippen molar-refractivity contribution in [3.8, 4) is 5.75 Å². The number of hydrogen-bond donors (Lipinski definition) is 1.